The third kappa shape index (κ3) is 4.28. The summed E-state index contributed by atoms with van der Waals surface area (Å²) in [5.74, 6) is 0.473. The molecule has 106 valence electrons. The molecule has 0 unspecified atom stereocenters. The molecular formula is C13H14N2O3S2. The molecule has 1 heterocycles. The van der Waals surface area contributed by atoms with Crippen molar-refractivity contribution in [3.8, 4) is 0 Å². The smallest absolute Gasteiger partial charge is 0.338 e. The first kappa shape index (κ1) is 14.9. The Morgan fingerprint density at radius 3 is 2.90 bits per heavy atom. The van der Waals surface area contributed by atoms with Gasteiger partial charge < -0.3 is 10.5 Å². The van der Waals surface area contributed by atoms with Crippen LogP contribution >= 0.6 is 23.5 Å². The zero-order chi connectivity index (χ0) is 14.4. The first-order chi connectivity index (χ1) is 9.66. The fourth-order valence-corrected chi connectivity index (χ4v) is 3.62. The minimum Gasteiger partial charge on any atom is -0.452 e. The van der Waals surface area contributed by atoms with E-state index in [9.17, 15) is 9.59 Å². The molecule has 7 heteroatoms. The lowest BCUT2D eigenvalue weighted by Crippen LogP contribution is -2.21. The number of nitrogens with two attached hydrogens (primary N) is 1. The molecule has 0 spiro atoms. The van der Waals surface area contributed by atoms with Gasteiger partial charge in [-0.05, 0) is 11.6 Å². The Balaban J connectivity index is 2.01. The molecule has 1 aromatic carbocycles. The molecular weight excluding hydrogens is 296 g/mol. The van der Waals surface area contributed by atoms with Crippen LogP contribution in [0, 0.1) is 0 Å². The van der Waals surface area contributed by atoms with Crippen molar-refractivity contribution in [2.75, 3.05) is 18.9 Å². The monoisotopic (exact) mass is 310 g/mol. The third-order valence-electron chi connectivity index (χ3n) is 2.49. The summed E-state index contributed by atoms with van der Waals surface area (Å²) in [5.41, 5.74) is 6.29. The molecule has 0 radical (unpaired) electrons. The van der Waals surface area contributed by atoms with E-state index in [1.165, 1.54) is 0 Å². The van der Waals surface area contributed by atoms with Crippen LogP contribution in [-0.2, 0) is 15.3 Å². The molecule has 0 atom stereocenters. The van der Waals surface area contributed by atoms with Gasteiger partial charge in [-0.1, -0.05) is 41.7 Å². The van der Waals surface area contributed by atoms with E-state index in [2.05, 4.69) is 4.99 Å². The number of ether oxygens (including phenoxy) is 1. The Labute approximate surface area is 125 Å². The summed E-state index contributed by atoms with van der Waals surface area (Å²) in [5, 5.41) is 0. The highest BCUT2D eigenvalue weighted by Crippen LogP contribution is 2.26. The van der Waals surface area contributed by atoms with Crippen LogP contribution in [0.5, 0.6) is 0 Å². The van der Waals surface area contributed by atoms with Crippen molar-refractivity contribution in [1.82, 2.24) is 0 Å². The van der Waals surface area contributed by atoms with Crippen LogP contribution in [-0.4, -0.2) is 35.2 Å². The normalized spacial score (nSPS) is 13.9. The minimum absolute atomic E-state index is 0.400. The molecule has 0 aromatic heterocycles. The van der Waals surface area contributed by atoms with Crippen LogP contribution in [0.2, 0.25) is 0 Å². The van der Waals surface area contributed by atoms with Gasteiger partial charge in [0, 0.05) is 11.5 Å². The predicted molar refractivity (Wildman–Crippen MR) is 82.0 cm³/mol. The van der Waals surface area contributed by atoms with Crippen molar-refractivity contribution < 1.29 is 14.3 Å². The number of amides is 1. The molecule has 5 nitrogen and oxygen atoms in total. The Kier molecular flexibility index (Phi) is 5.49. The molecule has 1 aromatic rings. The standard InChI is InChI=1S/C13H14N2O3S2/c14-11(16)7-18-12(17)10-4-2-1-3-9(10)8-20-13-15-5-6-19-13/h1-4H,5-8H2,(H2,14,16). The van der Waals surface area contributed by atoms with Crippen LogP contribution < -0.4 is 5.73 Å². The average Bonchev–Trinajstić information content (AvgIpc) is 2.96. The number of rotatable bonds is 5. The topological polar surface area (TPSA) is 81.8 Å². The predicted octanol–water partition coefficient (Wildman–Crippen LogP) is 1.66. The maximum Gasteiger partial charge on any atom is 0.338 e. The first-order valence-electron chi connectivity index (χ1n) is 6.00. The van der Waals surface area contributed by atoms with Crippen molar-refractivity contribution in [3.63, 3.8) is 0 Å². The summed E-state index contributed by atoms with van der Waals surface area (Å²) in [6.45, 7) is 0.457. The van der Waals surface area contributed by atoms with Crippen molar-refractivity contribution in [1.29, 1.82) is 0 Å². The molecule has 0 saturated heterocycles. The Morgan fingerprint density at radius 1 is 1.40 bits per heavy atom. The van der Waals surface area contributed by atoms with Crippen molar-refractivity contribution in [3.05, 3.63) is 35.4 Å². The van der Waals surface area contributed by atoms with Crippen LogP contribution in [0.4, 0.5) is 0 Å². The summed E-state index contributed by atoms with van der Waals surface area (Å²) in [6, 6.07) is 7.18. The van der Waals surface area contributed by atoms with Gasteiger partial charge in [0.25, 0.3) is 5.91 Å². The van der Waals surface area contributed by atoms with Crippen LogP contribution in [0.1, 0.15) is 15.9 Å². The summed E-state index contributed by atoms with van der Waals surface area (Å²) < 4.78 is 5.89. The second-order valence-corrected chi connectivity index (χ2v) is 6.29. The van der Waals surface area contributed by atoms with E-state index in [1.807, 2.05) is 12.1 Å². The highest BCUT2D eigenvalue weighted by atomic mass is 32.2. The number of nitrogens with zero attached hydrogens (tertiary/aromatic N) is 1. The van der Waals surface area contributed by atoms with E-state index in [4.69, 9.17) is 10.5 Å². The quantitative estimate of drug-likeness (QED) is 0.837. The van der Waals surface area contributed by atoms with Gasteiger partial charge in [-0.2, -0.15) is 0 Å². The van der Waals surface area contributed by atoms with Crippen LogP contribution in [0.3, 0.4) is 0 Å². The van der Waals surface area contributed by atoms with Crippen LogP contribution in [0.25, 0.3) is 0 Å². The molecule has 1 aliphatic heterocycles. The lowest BCUT2D eigenvalue weighted by molar-refractivity contribution is -0.121. The molecule has 2 rings (SSSR count). The molecule has 0 fully saturated rings. The number of primary amides is 1. The third-order valence-corrected chi connectivity index (χ3v) is 4.79. The Hall–Kier alpha value is -1.47. The van der Waals surface area contributed by atoms with E-state index < -0.39 is 18.5 Å². The average molecular weight is 310 g/mol. The summed E-state index contributed by atoms with van der Waals surface area (Å²) in [7, 11) is 0. The second kappa shape index (κ2) is 7.35. The maximum atomic E-state index is 11.9. The lowest BCUT2D eigenvalue weighted by Gasteiger charge is -2.08. The number of thioether (sulfide) groups is 2. The molecule has 1 amide bonds. The molecule has 1 aliphatic rings. The van der Waals surface area contributed by atoms with Gasteiger partial charge in [-0.3, -0.25) is 9.79 Å². The number of carbonyl (C=O) groups is 2. The maximum absolute atomic E-state index is 11.9. The summed E-state index contributed by atoms with van der Waals surface area (Å²) in [6.07, 6.45) is 0. The van der Waals surface area contributed by atoms with Gasteiger partial charge in [0.15, 0.2) is 6.61 Å². The molecule has 0 aliphatic carbocycles. The zero-order valence-electron chi connectivity index (χ0n) is 10.7. The number of hydrogen-bond acceptors (Lipinski definition) is 6. The number of esters is 1. The SMILES string of the molecule is NC(=O)COC(=O)c1ccccc1CSC1=NCCS1. The second-order valence-electron chi connectivity index (χ2n) is 3.98. The summed E-state index contributed by atoms with van der Waals surface area (Å²) in [4.78, 5) is 26.9. The van der Waals surface area contributed by atoms with E-state index in [0.29, 0.717) is 11.3 Å². The molecule has 0 bridgehead atoms. The van der Waals surface area contributed by atoms with Gasteiger partial charge in [0.2, 0.25) is 0 Å². The van der Waals surface area contributed by atoms with E-state index in [1.54, 1.807) is 35.7 Å². The highest BCUT2D eigenvalue weighted by Gasteiger charge is 2.15. The largest absolute Gasteiger partial charge is 0.452 e. The highest BCUT2D eigenvalue weighted by molar-refractivity contribution is 8.38. The Morgan fingerprint density at radius 2 is 2.20 bits per heavy atom. The van der Waals surface area contributed by atoms with Gasteiger partial charge in [-0.15, -0.1) is 0 Å². The zero-order valence-corrected chi connectivity index (χ0v) is 12.3. The fourth-order valence-electron chi connectivity index (χ4n) is 1.60. The van der Waals surface area contributed by atoms with Gasteiger partial charge >= 0.3 is 5.97 Å². The van der Waals surface area contributed by atoms with Crippen molar-refractivity contribution >= 4 is 39.8 Å². The number of aliphatic imine (C=N–C) groups is 1. The number of carbonyl (C=O) groups excluding carboxylic acids is 2. The van der Waals surface area contributed by atoms with E-state index >= 15 is 0 Å². The Bertz CT molecular complexity index is 546. The minimum atomic E-state index is -0.665. The first-order valence-corrected chi connectivity index (χ1v) is 7.97. The van der Waals surface area contributed by atoms with Gasteiger partial charge in [-0.25, -0.2) is 4.79 Å². The van der Waals surface area contributed by atoms with Gasteiger partial charge in [0.05, 0.1) is 12.1 Å². The van der Waals surface area contributed by atoms with Crippen molar-refractivity contribution in [2.24, 2.45) is 10.7 Å². The lowest BCUT2D eigenvalue weighted by atomic mass is 10.1. The number of hydrogen-bond donors (Lipinski definition) is 1. The fraction of sp³-hybridized carbons (Fsp3) is 0.308. The number of benzene rings is 1. The molecule has 20 heavy (non-hydrogen) atoms. The molecule has 2 N–H and O–H groups in total. The molecule has 0 saturated carbocycles. The van der Waals surface area contributed by atoms with Crippen LogP contribution in [0.15, 0.2) is 29.3 Å². The summed E-state index contributed by atoms with van der Waals surface area (Å²) >= 11 is 3.33. The van der Waals surface area contributed by atoms with Crippen molar-refractivity contribution in [2.45, 2.75) is 5.75 Å². The van der Waals surface area contributed by atoms with E-state index in [-0.39, 0.29) is 0 Å². The van der Waals surface area contributed by atoms with Gasteiger partial charge in [0.1, 0.15) is 4.38 Å². The van der Waals surface area contributed by atoms with E-state index in [0.717, 1.165) is 22.2 Å².